The first-order valence-electron chi connectivity index (χ1n) is 12.7. The van der Waals surface area contributed by atoms with Gasteiger partial charge in [0.2, 0.25) is 0 Å². The number of benzene rings is 1. The van der Waals surface area contributed by atoms with Crippen molar-refractivity contribution in [1.82, 2.24) is 10.2 Å². The van der Waals surface area contributed by atoms with Crippen LogP contribution >= 0.6 is 0 Å². The fourth-order valence-electron chi connectivity index (χ4n) is 4.01. The summed E-state index contributed by atoms with van der Waals surface area (Å²) < 4.78 is 5.42. The van der Waals surface area contributed by atoms with E-state index in [9.17, 15) is 4.79 Å². The van der Waals surface area contributed by atoms with Crippen molar-refractivity contribution in [3.63, 3.8) is 0 Å². The second kappa shape index (κ2) is 19.8. The van der Waals surface area contributed by atoms with E-state index in [1.165, 1.54) is 0 Å². The molecule has 0 aliphatic heterocycles. The Balaban J connectivity index is 0.000000392. The van der Waals surface area contributed by atoms with Gasteiger partial charge in [-0.05, 0) is 140 Å². The molecule has 0 amide bonds. The SMILES string of the molecule is CCOC(=O)c1c(-c2ccccc2)nnc([C]2[CH][CH][CH][CH]2)c1C[C]1[CH][CH][CH][CH]1.[CH]1[CH][CH][CH][CH]1.[CH]1[CH][CH][CH][CH]1.[Fe+2].[Fe+2]. The van der Waals surface area contributed by atoms with E-state index in [2.05, 4.69) is 10.2 Å². The van der Waals surface area contributed by atoms with Gasteiger partial charge in [-0.3, -0.25) is 0 Å². The fourth-order valence-corrected chi connectivity index (χ4v) is 4.01. The third-order valence-electron chi connectivity index (χ3n) is 5.76. The summed E-state index contributed by atoms with van der Waals surface area (Å²) >= 11 is 0. The molecule has 1 heterocycles. The van der Waals surface area contributed by atoms with Gasteiger partial charge in [0, 0.05) is 11.5 Å². The zero-order valence-corrected chi connectivity index (χ0v) is 24.3. The summed E-state index contributed by atoms with van der Waals surface area (Å²) in [5, 5.41) is 8.97. The van der Waals surface area contributed by atoms with Crippen LogP contribution in [0.25, 0.3) is 11.3 Å². The molecule has 4 fully saturated rings. The topological polar surface area (TPSA) is 52.1 Å². The van der Waals surface area contributed by atoms with Gasteiger partial charge < -0.3 is 4.74 Å². The summed E-state index contributed by atoms with van der Waals surface area (Å²) in [6, 6.07) is 9.65. The molecule has 0 N–H and O–H groups in total. The van der Waals surface area contributed by atoms with Gasteiger partial charge in [-0.15, -0.1) is 5.10 Å². The van der Waals surface area contributed by atoms with E-state index in [4.69, 9.17) is 4.74 Å². The predicted molar refractivity (Wildman–Crippen MR) is 150 cm³/mol. The number of ether oxygens (including phenoxy) is 1. The average Bonchev–Trinajstić information content (AvgIpc) is 3.79. The second-order valence-corrected chi connectivity index (χ2v) is 8.41. The normalized spacial score (nSPS) is 18.5. The molecular formula is C34H30Fe2N2O2+4. The molecule has 4 nitrogen and oxygen atoms in total. The minimum atomic E-state index is -0.370. The summed E-state index contributed by atoms with van der Waals surface area (Å²) in [6.45, 7) is 2.11. The average molecular weight is 610 g/mol. The largest absolute Gasteiger partial charge is 2.00 e. The van der Waals surface area contributed by atoms with Crippen LogP contribution in [-0.2, 0) is 45.3 Å². The molecule has 200 valence electrons. The molecule has 40 heavy (non-hydrogen) atoms. The number of aromatic nitrogens is 2. The number of hydrogen-bond donors (Lipinski definition) is 0. The Kier molecular flexibility index (Phi) is 17.4. The Hall–Kier alpha value is -1.19. The van der Waals surface area contributed by atoms with E-state index in [1.54, 1.807) is 0 Å². The van der Waals surface area contributed by atoms with E-state index in [1.807, 2.05) is 153 Å². The number of carbonyl (C=O) groups excluding carboxylic acids is 1. The molecule has 4 saturated carbocycles. The molecule has 20 radical (unpaired) electrons. The number of esters is 1. The third kappa shape index (κ3) is 10.6. The van der Waals surface area contributed by atoms with Crippen molar-refractivity contribution in [2.75, 3.05) is 6.61 Å². The van der Waals surface area contributed by atoms with Gasteiger partial charge in [0.15, 0.2) is 0 Å². The maximum absolute atomic E-state index is 13.0. The molecule has 0 unspecified atom stereocenters. The molecule has 6 heteroatoms. The first kappa shape index (κ1) is 35.0. The number of hydrogen-bond acceptors (Lipinski definition) is 4. The van der Waals surface area contributed by atoms with Gasteiger partial charge in [-0.1, -0.05) is 30.3 Å². The molecule has 4 aliphatic carbocycles. The summed E-state index contributed by atoms with van der Waals surface area (Å²) in [5.74, 6) is 1.69. The Morgan fingerprint density at radius 1 is 0.650 bits per heavy atom. The molecular weight excluding hydrogens is 580 g/mol. The smallest absolute Gasteiger partial charge is 0.462 e. The van der Waals surface area contributed by atoms with Crippen LogP contribution < -0.4 is 0 Å². The van der Waals surface area contributed by atoms with Crippen molar-refractivity contribution in [3.05, 3.63) is 175 Å². The van der Waals surface area contributed by atoms with Gasteiger partial charge in [-0.25, -0.2) is 4.79 Å². The van der Waals surface area contributed by atoms with Crippen molar-refractivity contribution in [1.29, 1.82) is 0 Å². The molecule has 6 rings (SSSR count). The Labute approximate surface area is 264 Å². The van der Waals surface area contributed by atoms with Crippen LogP contribution in [0, 0.1) is 127 Å². The van der Waals surface area contributed by atoms with Crippen LogP contribution in [-0.4, -0.2) is 22.8 Å². The Morgan fingerprint density at radius 2 is 1.12 bits per heavy atom. The first-order chi connectivity index (χ1) is 18.8. The zero-order chi connectivity index (χ0) is 26.4. The molecule has 1 aromatic carbocycles. The number of nitrogens with zero attached hydrogens (tertiary/aromatic N) is 2. The van der Waals surface area contributed by atoms with Crippen molar-refractivity contribution >= 4 is 5.97 Å². The molecule has 0 atom stereocenters. The van der Waals surface area contributed by atoms with Crippen LogP contribution in [0.1, 0.15) is 28.5 Å². The van der Waals surface area contributed by atoms with E-state index >= 15 is 0 Å². The summed E-state index contributed by atoms with van der Waals surface area (Å²) in [4.78, 5) is 13.0. The van der Waals surface area contributed by atoms with Crippen LogP contribution in [0.2, 0.25) is 0 Å². The van der Waals surface area contributed by atoms with Gasteiger partial charge >= 0.3 is 40.1 Å². The predicted octanol–water partition coefficient (Wildman–Crippen LogP) is 6.06. The van der Waals surface area contributed by atoms with Gasteiger partial charge in [-0.2, -0.15) is 5.10 Å². The van der Waals surface area contributed by atoms with Gasteiger partial charge in [0.25, 0.3) is 0 Å². The molecule has 4 aliphatic rings. The molecule has 0 saturated heterocycles. The van der Waals surface area contributed by atoms with Crippen molar-refractivity contribution in [2.24, 2.45) is 0 Å². The van der Waals surface area contributed by atoms with Crippen LogP contribution in [0.4, 0.5) is 0 Å². The summed E-state index contributed by atoms with van der Waals surface area (Å²) in [5.41, 5.74) is 3.44. The molecule has 1 aromatic heterocycles. The van der Waals surface area contributed by atoms with Gasteiger partial charge in [0.1, 0.15) is 5.69 Å². The molecule has 2 aromatic rings. The van der Waals surface area contributed by atoms with E-state index in [0.717, 1.165) is 23.0 Å². The van der Waals surface area contributed by atoms with Crippen LogP contribution in [0.5, 0.6) is 0 Å². The number of carbonyl (C=O) groups is 1. The van der Waals surface area contributed by atoms with Crippen LogP contribution in [0.3, 0.4) is 0 Å². The first-order valence-corrected chi connectivity index (χ1v) is 12.7. The maximum Gasteiger partial charge on any atom is 2.00 e. The minimum Gasteiger partial charge on any atom is -0.462 e. The molecule has 0 spiro atoms. The summed E-state index contributed by atoms with van der Waals surface area (Å²) in [6.07, 6.45) is 36.5. The Morgan fingerprint density at radius 3 is 1.62 bits per heavy atom. The standard InChI is InChI=1S/C24H20N2O2.2C5H5.2Fe/c1-2-28-24(27)21-20(16-17-10-6-7-11-17)22(18-14-8-9-15-18)25-26-23(21)19-12-4-3-5-13-19;2*1-2-4-5-3-1;;/h3-15H,2,16H2,1H3;2*1-5H;;/q;;;2*+2. The third-order valence-corrected chi connectivity index (χ3v) is 5.76. The Bertz CT molecular complexity index is 940. The van der Waals surface area contributed by atoms with Crippen LogP contribution in [0.15, 0.2) is 30.3 Å². The minimum absolute atomic E-state index is 0. The quantitative estimate of drug-likeness (QED) is 0.295. The summed E-state index contributed by atoms with van der Waals surface area (Å²) in [7, 11) is 0. The fraction of sp³-hybridized carbons (Fsp3) is 0.0882. The van der Waals surface area contributed by atoms with Crippen molar-refractivity contribution in [2.45, 2.75) is 13.3 Å². The molecule has 0 bridgehead atoms. The van der Waals surface area contributed by atoms with E-state index in [-0.39, 0.29) is 40.1 Å². The maximum atomic E-state index is 13.0. The zero-order valence-electron chi connectivity index (χ0n) is 22.1. The van der Waals surface area contributed by atoms with Crippen molar-refractivity contribution in [3.8, 4) is 11.3 Å². The second-order valence-electron chi connectivity index (χ2n) is 8.41. The monoisotopic (exact) mass is 610 g/mol. The van der Waals surface area contributed by atoms with E-state index in [0.29, 0.717) is 30.0 Å². The van der Waals surface area contributed by atoms with Crippen molar-refractivity contribution < 1.29 is 43.7 Å². The van der Waals surface area contributed by atoms with Gasteiger partial charge in [0.05, 0.1) is 17.9 Å². The number of rotatable bonds is 6. The van der Waals surface area contributed by atoms with E-state index < -0.39 is 0 Å².